The van der Waals surface area contributed by atoms with Crippen LogP contribution in [-0.4, -0.2) is 53.2 Å². The van der Waals surface area contributed by atoms with Crippen LogP contribution in [0.5, 0.6) is 0 Å². The van der Waals surface area contributed by atoms with Crippen molar-refractivity contribution in [2.75, 3.05) is 32.1 Å². The topological polar surface area (TPSA) is 52.5 Å². The molecule has 1 N–H and O–H groups in total. The first-order valence-corrected chi connectivity index (χ1v) is 6.04. The van der Waals surface area contributed by atoms with Gasteiger partial charge in [-0.15, -0.1) is 0 Å². The van der Waals surface area contributed by atoms with Crippen LogP contribution in [0, 0.1) is 0 Å². The molecule has 0 bridgehead atoms. The molecule has 5 nitrogen and oxygen atoms in total. The van der Waals surface area contributed by atoms with Gasteiger partial charge in [0.1, 0.15) is 5.82 Å². The second-order valence-corrected chi connectivity index (χ2v) is 4.73. The number of piperidine rings is 1. The summed E-state index contributed by atoms with van der Waals surface area (Å²) in [4.78, 5) is 13.1. The molecule has 1 aromatic heterocycles. The monoisotopic (exact) mass is 236 g/mol. The lowest BCUT2D eigenvalue weighted by Crippen LogP contribution is -2.45. The molecular formula is C12H20N4O. The van der Waals surface area contributed by atoms with Gasteiger partial charge < -0.3 is 14.9 Å². The van der Waals surface area contributed by atoms with Gasteiger partial charge in [0.25, 0.3) is 0 Å². The van der Waals surface area contributed by atoms with Crippen LogP contribution >= 0.6 is 0 Å². The Labute approximate surface area is 102 Å². The number of aliphatic hydroxyl groups excluding tert-OH is 1. The van der Waals surface area contributed by atoms with Crippen LogP contribution in [0.3, 0.4) is 0 Å². The third kappa shape index (κ3) is 2.92. The van der Waals surface area contributed by atoms with Gasteiger partial charge in [0.15, 0.2) is 0 Å². The molecule has 1 unspecified atom stereocenters. The van der Waals surface area contributed by atoms with Gasteiger partial charge in [0.05, 0.1) is 24.7 Å². The summed E-state index contributed by atoms with van der Waals surface area (Å²) in [5.41, 5.74) is 0.620. The van der Waals surface area contributed by atoms with E-state index in [1.54, 1.807) is 12.4 Å². The van der Waals surface area contributed by atoms with Gasteiger partial charge >= 0.3 is 0 Å². The Morgan fingerprint density at radius 1 is 1.41 bits per heavy atom. The Morgan fingerprint density at radius 2 is 2.24 bits per heavy atom. The van der Waals surface area contributed by atoms with Gasteiger partial charge in [-0.1, -0.05) is 0 Å². The lowest BCUT2D eigenvalue weighted by molar-refractivity contribution is 0.257. The molecule has 1 aliphatic heterocycles. The Kier molecular flexibility index (Phi) is 3.91. The van der Waals surface area contributed by atoms with Crippen molar-refractivity contribution in [3.05, 3.63) is 18.1 Å². The normalized spacial score (nSPS) is 20.9. The molecule has 0 spiro atoms. The van der Waals surface area contributed by atoms with E-state index in [-0.39, 0.29) is 6.61 Å². The summed E-state index contributed by atoms with van der Waals surface area (Å²) in [5, 5.41) is 8.93. The van der Waals surface area contributed by atoms with Gasteiger partial charge in [-0.3, -0.25) is 4.98 Å². The minimum Gasteiger partial charge on any atom is -0.390 e. The molecule has 2 heterocycles. The molecular weight excluding hydrogens is 216 g/mol. The fraction of sp³-hybridized carbons (Fsp3) is 0.667. The molecule has 0 amide bonds. The summed E-state index contributed by atoms with van der Waals surface area (Å²) in [5.74, 6) is 0.911. The van der Waals surface area contributed by atoms with Gasteiger partial charge in [-0.05, 0) is 26.9 Å². The molecule has 1 saturated heterocycles. The lowest BCUT2D eigenvalue weighted by Gasteiger charge is -2.36. The van der Waals surface area contributed by atoms with Crippen LogP contribution in [0.15, 0.2) is 12.4 Å². The quantitative estimate of drug-likeness (QED) is 0.828. The molecule has 2 rings (SSSR count). The van der Waals surface area contributed by atoms with Crippen molar-refractivity contribution < 1.29 is 5.11 Å². The van der Waals surface area contributed by atoms with E-state index in [0.717, 1.165) is 18.9 Å². The average molecular weight is 236 g/mol. The van der Waals surface area contributed by atoms with Crippen LogP contribution in [-0.2, 0) is 6.61 Å². The average Bonchev–Trinajstić information content (AvgIpc) is 2.39. The Hall–Kier alpha value is -1.20. The maximum absolute atomic E-state index is 8.93. The highest BCUT2D eigenvalue weighted by Gasteiger charge is 2.22. The lowest BCUT2D eigenvalue weighted by atomic mass is 10.1. The summed E-state index contributed by atoms with van der Waals surface area (Å²) in [6, 6.07) is 0.586. The third-order valence-electron chi connectivity index (χ3n) is 3.30. The van der Waals surface area contributed by atoms with Crippen molar-refractivity contribution in [3.63, 3.8) is 0 Å². The molecule has 1 aliphatic rings. The Balaban J connectivity index is 2.05. The zero-order valence-corrected chi connectivity index (χ0v) is 10.5. The molecule has 1 aromatic rings. The van der Waals surface area contributed by atoms with Crippen molar-refractivity contribution in [2.45, 2.75) is 25.5 Å². The van der Waals surface area contributed by atoms with Gasteiger partial charge in [0.2, 0.25) is 0 Å². The first-order valence-electron chi connectivity index (χ1n) is 6.04. The highest BCUT2D eigenvalue weighted by molar-refractivity contribution is 5.36. The molecule has 94 valence electrons. The first kappa shape index (κ1) is 12.3. The summed E-state index contributed by atoms with van der Waals surface area (Å²) in [6.07, 6.45) is 5.83. The summed E-state index contributed by atoms with van der Waals surface area (Å²) < 4.78 is 0. The van der Waals surface area contributed by atoms with E-state index in [1.807, 2.05) is 0 Å². The minimum absolute atomic E-state index is 0.0480. The van der Waals surface area contributed by atoms with E-state index in [2.05, 4.69) is 33.9 Å². The summed E-state index contributed by atoms with van der Waals surface area (Å²) in [6.45, 7) is 1.99. The number of likely N-dealkylation sites (N-methyl/N-ethyl adjacent to an activating group) is 1. The predicted octanol–water partition coefficient (Wildman–Crippen LogP) is 0.499. The second kappa shape index (κ2) is 5.42. The molecule has 0 saturated carbocycles. The van der Waals surface area contributed by atoms with Gasteiger partial charge in [-0.2, -0.15) is 0 Å². The van der Waals surface area contributed by atoms with Crippen molar-refractivity contribution in [1.29, 1.82) is 0 Å². The standard InChI is InChI=1S/C12H20N4O/c1-15(2)11-4-3-5-16(8-11)12-7-13-10(9-17)6-14-12/h6-7,11,17H,3-5,8-9H2,1-2H3. The van der Waals surface area contributed by atoms with Crippen molar-refractivity contribution >= 4 is 5.82 Å². The molecule has 5 heteroatoms. The number of nitrogens with zero attached hydrogens (tertiary/aromatic N) is 4. The smallest absolute Gasteiger partial charge is 0.147 e. The van der Waals surface area contributed by atoms with E-state index in [4.69, 9.17) is 5.11 Å². The Morgan fingerprint density at radius 3 is 2.82 bits per heavy atom. The SMILES string of the molecule is CN(C)C1CCCN(c2cnc(CO)cn2)C1. The minimum atomic E-state index is -0.0480. The number of anilines is 1. The van der Waals surface area contributed by atoms with Crippen LogP contribution in [0.4, 0.5) is 5.82 Å². The van der Waals surface area contributed by atoms with Crippen molar-refractivity contribution in [3.8, 4) is 0 Å². The number of aliphatic hydroxyl groups is 1. The van der Waals surface area contributed by atoms with Crippen LogP contribution in [0.25, 0.3) is 0 Å². The predicted molar refractivity (Wildman–Crippen MR) is 66.9 cm³/mol. The van der Waals surface area contributed by atoms with E-state index in [1.165, 1.54) is 12.8 Å². The highest BCUT2D eigenvalue weighted by atomic mass is 16.3. The number of rotatable bonds is 3. The van der Waals surface area contributed by atoms with Crippen LogP contribution in [0.2, 0.25) is 0 Å². The summed E-state index contributed by atoms with van der Waals surface area (Å²) in [7, 11) is 4.24. The van der Waals surface area contributed by atoms with Crippen molar-refractivity contribution in [1.82, 2.24) is 14.9 Å². The number of hydrogen-bond donors (Lipinski definition) is 1. The zero-order chi connectivity index (χ0) is 12.3. The number of hydrogen-bond acceptors (Lipinski definition) is 5. The van der Waals surface area contributed by atoms with Crippen LogP contribution < -0.4 is 4.90 Å². The van der Waals surface area contributed by atoms with E-state index in [0.29, 0.717) is 11.7 Å². The third-order valence-corrected chi connectivity index (χ3v) is 3.30. The second-order valence-electron chi connectivity index (χ2n) is 4.73. The molecule has 0 radical (unpaired) electrons. The molecule has 0 aromatic carbocycles. The Bertz CT molecular complexity index is 352. The molecule has 0 aliphatic carbocycles. The zero-order valence-electron chi connectivity index (χ0n) is 10.5. The highest BCUT2D eigenvalue weighted by Crippen LogP contribution is 2.19. The van der Waals surface area contributed by atoms with Gasteiger partial charge in [0, 0.05) is 19.1 Å². The van der Waals surface area contributed by atoms with E-state index >= 15 is 0 Å². The molecule has 1 atom stereocenters. The van der Waals surface area contributed by atoms with Crippen LogP contribution in [0.1, 0.15) is 18.5 Å². The maximum Gasteiger partial charge on any atom is 0.147 e. The maximum atomic E-state index is 8.93. The van der Waals surface area contributed by atoms with E-state index in [9.17, 15) is 0 Å². The summed E-state index contributed by atoms with van der Waals surface area (Å²) >= 11 is 0. The number of aromatic nitrogens is 2. The first-order chi connectivity index (χ1) is 8.20. The van der Waals surface area contributed by atoms with Gasteiger partial charge in [-0.25, -0.2) is 4.98 Å². The fourth-order valence-electron chi connectivity index (χ4n) is 2.18. The molecule has 1 fully saturated rings. The van der Waals surface area contributed by atoms with Crippen molar-refractivity contribution in [2.24, 2.45) is 0 Å². The fourth-order valence-corrected chi connectivity index (χ4v) is 2.18. The molecule has 17 heavy (non-hydrogen) atoms. The largest absolute Gasteiger partial charge is 0.390 e. The van der Waals surface area contributed by atoms with E-state index < -0.39 is 0 Å².